The van der Waals surface area contributed by atoms with Gasteiger partial charge in [-0.1, -0.05) is 23.2 Å². The van der Waals surface area contributed by atoms with Crippen LogP contribution in [-0.4, -0.2) is 35.1 Å². The van der Waals surface area contributed by atoms with Crippen LogP contribution in [0.3, 0.4) is 0 Å². The summed E-state index contributed by atoms with van der Waals surface area (Å²) < 4.78 is 34.1. The molecular formula is C14H11Cl2F2N5O2. The molecule has 1 heterocycles. The van der Waals surface area contributed by atoms with Gasteiger partial charge in [-0.25, -0.2) is 9.97 Å². The highest BCUT2D eigenvalue weighted by molar-refractivity contribution is 6.32. The molecule has 0 amide bonds. The number of benzene rings is 1. The number of nitrogens with two attached hydrogens (primary N) is 1. The first-order valence-corrected chi connectivity index (χ1v) is 7.39. The molecule has 0 fully saturated rings. The summed E-state index contributed by atoms with van der Waals surface area (Å²) in [6.07, 6.45) is 4.04. The van der Waals surface area contributed by atoms with E-state index in [1.807, 2.05) is 0 Å². The molecule has 132 valence electrons. The lowest BCUT2D eigenvalue weighted by Gasteiger charge is -2.07. The molecule has 2 aromatic rings. The zero-order chi connectivity index (χ0) is 18.2. The van der Waals surface area contributed by atoms with Gasteiger partial charge < -0.3 is 15.3 Å². The Morgan fingerprint density at radius 2 is 2.00 bits per heavy atom. The number of hydrogen-bond acceptors (Lipinski definition) is 7. The van der Waals surface area contributed by atoms with Crippen molar-refractivity contribution in [3.63, 3.8) is 0 Å². The van der Waals surface area contributed by atoms with Crippen molar-refractivity contribution in [2.45, 2.75) is 6.61 Å². The summed E-state index contributed by atoms with van der Waals surface area (Å²) in [4.78, 5) is 11.7. The Morgan fingerprint density at radius 1 is 1.28 bits per heavy atom. The number of alkyl halides is 2. The molecule has 1 aromatic carbocycles. The summed E-state index contributed by atoms with van der Waals surface area (Å²) in [5.74, 6) is 5.06. The van der Waals surface area contributed by atoms with E-state index in [2.05, 4.69) is 24.8 Å². The molecule has 0 spiro atoms. The first-order chi connectivity index (χ1) is 12.0. The van der Waals surface area contributed by atoms with Crippen molar-refractivity contribution in [3.05, 3.63) is 40.6 Å². The molecule has 0 saturated heterocycles. The zero-order valence-electron chi connectivity index (χ0n) is 12.4. The van der Waals surface area contributed by atoms with Crippen LogP contribution in [0.15, 0.2) is 40.7 Å². The van der Waals surface area contributed by atoms with Crippen molar-refractivity contribution < 1.29 is 18.3 Å². The number of ether oxygens (including phenoxy) is 2. The summed E-state index contributed by atoms with van der Waals surface area (Å²) in [7, 11) is 0. The summed E-state index contributed by atoms with van der Waals surface area (Å²) >= 11 is 11.4. The monoisotopic (exact) mass is 389 g/mol. The quantitative estimate of drug-likeness (QED) is 0.444. The highest BCUT2D eigenvalue weighted by Gasteiger charge is 2.09. The third-order valence-corrected chi connectivity index (χ3v) is 3.11. The summed E-state index contributed by atoms with van der Waals surface area (Å²) in [5, 5.41) is 3.91. The van der Waals surface area contributed by atoms with Crippen LogP contribution in [0.4, 0.5) is 14.5 Å². The molecule has 1 aromatic heterocycles. The van der Waals surface area contributed by atoms with Gasteiger partial charge in [-0.15, -0.1) is 0 Å². The second kappa shape index (κ2) is 9.09. The molecule has 7 nitrogen and oxygen atoms in total. The van der Waals surface area contributed by atoms with Gasteiger partial charge in [-0.3, -0.25) is 4.99 Å². The van der Waals surface area contributed by atoms with Crippen LogP contribution >= 0.6 is 23.2 Å². The molecule has 0 aliphatic carbocycles. The summed E-state index contributed by atoms with van der Waals surface area (Å²) in [6, 6.07) is 4.22. The fourth-order valence-electron chi connectivity index (χ4n) is 1.53. The van der Waals surface area contributed by atoms with E-state index in [9.17, 15) is 8.78 Å². The van der Waals surface area contributed by atoms with E-state index in [1.54, 1.807) is 0 Å². The van der Waals surface area contributed by atoms with Gasteiger partial charge in [0.2, 0.25) is 0 Å². The van der Waals surface area contributed by atoms with Crippen molar-refractivity contribution in [1.82, 2.24) is 9.97 Å². The van der Waals surface area contributed by atoms with E-state index < -0.39 is 6.61 Å². The predicted molar refractivity (Wildman–Crippen MR) is 90.4 cm³/mol. The molecule has 0 aliphatic heterocycles. The fraction of sp³-hybridized carbons (Fsp3) is 0.143. The van der Waals surface area contributed by atoms with Crippen LogP contribution in [0.5, 0.6) is 11.8 Å². The van der Waals surface area contributed by atoms with Crippen molar-refractivity contribution in [1.29, 1.82) is 0 Å². The molecule has 2 rings (SSSR count). The normalized spacial score (nSPS) is 12.0. The van der Waals surface area contributed by atoms with Crippen LogP contribution in [0.2, 0.25) is 10.0 Å². The van der Waals surface area contributed by atoms with E-state index >= 15 is 0 Å². The van der Waals surface area contributed by atoms with Crippen molar-refractivity contribution in [3.8, 4) is 11.8 Å². The molecule has 0 atom stereocenters. The fourth-order valence-corrected chi connectivity index (χ4v) is 1.79. The van der Waals surface area contributed by atoms with Crippen LogP contribution < -0.4 is 15.3 Å². The third-order valence-electron chi connectivity index (χ3n) is 2.61. The van der Waals surface area contributed by atoms with Gasteiger partial charge in [-0.05, 0) is 12.1 Å². The first-order valence-electron chi connectivity index (χ1n) is 6.63. The van der Waals surface area contributed by atoms with Gasteiger partial charge >= 0.3 is 12.6 Å². The average Bonchev–Trinajstić information content (AvgIpc) is 2.59. The predicted octanol–water partition coefficient (Wildman–Crippen LogP) is 3.48. The largest absolute Gasteiger partial charge is 0.457 e. The zero-order valence-corrected chi connectivity index (χ0v) is 14.0. The topological polar surface area (TPSA) is 95.0 Å². The first kappa shape index (κ1) is 18.8. The van der Waals surface area contributed by atoms with E-state index in [4.69, 9.17) is 33.8 Å². The molecular weight excluding hydrogens is 379 g/mol. The van der Waals surface area contributed by atoms with Gasteiger partial charge in [0.25, 0.3) is 0 Å². The smallest absolute Gasteiger partial charge is 0.387 e. The number of rotatable bonds is 7. The average molecular weight is 390 g/mol. The SMILES string of the molecule is NN=C(C=Nc1ccc(Cl)c(OC(F)F)c1)COc1ncc(Cl)cn1. The molecule has 2 N–H and O–H groups in total. The lowest BCUT2D eigenvalue weighted by molar-refractivity contribution is -0.0497. The number of hydrogen-bond donors (Lipinski definition) is 1. The Labute approximate surface area is 151 Å². The number of nitrogens with zero attached hydrogens (tertiary/aromatic N) is 4. The van der Waals surface area contributed by atoms with Gasteiger partial charge in [-0.2, -0.15) is 13.9 Å². The lowest BCUT2D eigenvalue weighted by atomic mass is 10.3. The molecule has 0 unspecified atom stereocenters. The highest BCUT2D eigenvalue weighted by Crippen LogP contribution is 2.30. The highest BCUT2D eigenvalue weighted by atomic mass is 35.5. The van der Waals surface area contributed by atoms with Crippen molar-refractivity contribution >= 4 is 40.8 Å². The molecule has 0 bridgehead atoms. The van der Waals surface area contributed by atoms with Gasteiger partial charge in [0, 0.05) is 6.07 Å². The van der Waals surface area contributed by atoms with Gasteiger partial charge in [0.15, 0.2) is 0 Å². The minimum absolute atomic E-state index is 0.0372. The molecule has 25 heavy (non-hydrogen) atoms. The van der Waals surface area contributed by atoms with Crippen LogP contribution in [0.1, 0.15) is 0 Å². The van der Waals surface area contributed by atoms with E-state index in [0.717, 1.165) is 0 Å². The second-order valence-corrected chi connectivity index (χ2v) is 5.19. The minimum atomic E-state index is -2.99. The third kappa shape index (κ3) is 6.12. The minimum Gasteiger partial charge on any atom is -0.457 e. The van der Waals surface area contributed by atoms with E-state index in [0.29, 0.717) is 10.7 Å². The van der Waals surface area contributed by atoms with Gasteiger partial charge in [0.1, 0.15) is 18.1 Å². The van der Waals surface area contributed by atoms with Gasteiger partial charge in [0.05, 0.1) is 34.3 Å². The lowest BCUT2D eigenvalue weighted by Crippen LogP contribution is -2.15. The van der Waals surface area contributed by atoms with Crippen LogP contribution in [0.25, 0.3) is 0 Å². The number of hydrazone groups is 1. The Kier molecular flexibility index (Phi) is 6.84. The number of aliphatic imine (C=N–C) groups is 1. The van der Waals surface area contributed by atoms with Crippen LogP contribution in [0, 0.1) is 0 Å². The molecule has 0 saturated carbocycles. The van der Waals surface area contributed by atoms with Crippen molar-refractivity contribution in [2.24, 2.45) is 15.9 Å². The van der Waals surface area contributed by atoms with E-state index in [-0.39, 0.29) is 29.1 Å². The maximum atomic E-state index is 12.3. The molecule has 0 radical (unpaired) electrons. The Balaban J connectivity index is 2.02. The summed E-state index contributed by atoms with van der Waals surface area (Å²) in [5.41, 5.74) is 0.564. The Morgan fingerprint density at radius 3 is 2.64 bits per heavy atom. The standard InChI is InChI=1S/C14H11Cl2F2N5O2/c15-8-4-21-14(22-5-8)24-7-10(23-19)6-20-9-1-2-11(16)12(3-9)25-13(17)18/h1-6,13H,7,19H2. The second-order valence-electron chi connectivity index (χ2n) is 4.34. The Hall–Kier alpha value is -2.52. The van der Waals surface area contributed by atoms with Crippen molar-refractivity contribution in [2.75, 3.05) is 6.61 Å². The maximum Gasteiger partial charge on any atom is 0.387 e. The molecule has 11 heteroatoms. The maximum absolute atomic E-state index is 12.3. The molecule has 0 aliphatic rings. The Bertz CT molecular complexity index is 772. The number of aromatic nitrogens is 2. The summed E-state index contributed by atoms with van der Waals surface area (Å²) in [6.45, 7) is -3.05. The van der Waals surface area contributed by atoms with Crippen LogP contribution in [-0.2, 0) is 0 Å². The number of halogens is 4. The van der Waals surface area contributed by atoms with E-state index in [1.165, 1.54) is 36.8 Å².